The summed E-state index contributed by atoms with van der Waals surface area (Å²) < 4.78 is 0. The molecule has 0 fully saturated rings. The van der Waals surface area contributed by atoms with Crippen LogP contribution >= 0.6 is 0 Å². The van der Waals surface area contributed by atoms with Gasteiger partial charge in [0.15, 0.2) is 0 Å². The molecule has 0 amide bonds. The molecule has 0 radical (unpaired) electrons. The maximum absolute atomic E-state index is 9.25. The zero-order valence-electron chi connectivity index (χ0n) is 8.68. The zero-order chi connectivity index (χ0) is 14.9. The van der Waals surface area contributed by atoms with Crippen LogP contribution in [0.2, 0.25) is 0 Å². The van der Waals surface area contributed by atoms with Crippen molar-refractivity contribution in [2.45, 2.75) is 0 Å². The average molecular weight is 326 g/mol. The number of carboxylic acids is 1. The molecule has 8 nitrogen and oxygen atoms in total. The fourth-order valence-electron chi connectivity index (χ4n) is 0.265. The molecule has 0 aromatic rings. The van der Waals surface area contributed by atoms with E-state index in [1.54, 1.807) is 0 Å². The van der Waals surface area contributed by atoms with Gasteiger partial charge in [-0.05, 0) is 0 Å². The summed E-state index contributed by atoms with van der Waals surface area (Å²) in [5.41, 5.74) is 0. The van der Waals surface area contributed by atoms with Gasteiger partial charge < -0.3 is 5.11 Å². The van der Waals surface area contributed by atoms with Crippen LogP contribution in [0.5, 0.6) is 0 Å². The minimum atomic E-state index is -6.17. The Kier molecular flexibility index (Phi) is 7.87. The molecule has 0 aliphatic carbocycles. The SMILES string of the molecule is C=CC(=O)O.N#[C][Fe]([C]#N)([C]#N)([C]#N)([C]#N)[C]#N.[CaH2]. The predicted octanol–water partition coefficient (Wildman–Crippen LogP) is -0.561. The second-order valence-electron chi connectivity index (χ2n) is 2.34. The molecule has 0 rings (SSSR count). The maximum atomic E-state index is 9.25. The molecule has 10 heteroatoms. The molecule has 0 aromatic heterocycles. The van der Waals surface area contributed by atoms with Crippen LogP contribution in [-0.4, -0.2) is 48.8 Å². The minimum absolute atomic E-state index is 0. The number of rotatable bonds is 1. The third-order valence-electron chi connectivity index (χ3n) is 1.36. The van der Waals surface area contributed by atoms with E-state index in [-0.39, 0.29) is 37.7 Å². The molecule has 0 spiro atoms. The van der Waals surface area contributed by atoms with Gasteiger partial charge in [0.25, 0.3) is 0 Å². The van der Waals surface area contributed by atoms with Crippen LogP contribution in [0.1, 0.15) is 0 Å². The van der Waals surface area contributed by atoms with E-state index in [0.29, 0.717) is 0 Å². The van der Waals surface area contributed by atoms with Crippen molar-refractivity contribution >= 4 is 43.7 Å². The number of nitrogens with zero attached hydrogens (tertiary/aromatic N) is 6. The summed E-state index contributed by atoms with van der Waals surface area (Å²) in [4.78, 5) is 15.4. The molecule has 0 aliphatic heterocycles. The fraction of sp³-hybridized carbons (Fsp3) is 0. The Balaban J connectivity index is -0.000000366. The van der Waals surface area contributed by atoms with Gasteiger partial charge in [-0.25, -0.2) is 4.79 Å². The number of carbonyl (C=O) groups is 1. The number of hydrogen-bond acceptors (Lipinski definition) is 7. The normalized spacial score (nSPS) is 10.8. The standard InChI is InChI=1S/C3H4O2.6CN.Ca.Fe.2H/c1-2-3(4)5;6*1-2;;;;/h2H,1H2,(H,4,5);;;;;;;;;;. The molecule has 0 heterocycles. The Hall–Kier alpha value is -2.07. The van der Waals surface area contributed by atoms with Crippen molar-refractivity contribution in [3.8, 4) is 29.8 Å². The van der Waals surface area contributed by atoms with Gasteiger partial charge >= 0.3 is 116 Å². The van der Waals surface area contributed by atoms with E-state index < -0.39 is 16.7 Å². The Labute approximate surface area is 137 Å². The quantitative estimate of drug-likeness (QED) is 0.491. The Bertz CT molecular complexity index is 529. The van der Waals surface area contributed by atoms with E-state index in [2.05, 4.69) is 6.58 Å². The molecule has 19 heavy (non-hydrogen) atoms. The summed E-state index contributed by atoms with van der Waals surface area (Å²) in [5.74, 6) is -0.981. The van der Waals surface area contributed by atoms with Crippen molar-refractivity contribution < 1.29 is 20.6 Å². The molecule has 0 bridgehead atoms. The van der Waals surface area contributed by atoms with Crippen LogP contribution in [-0.2, 0) is 15.5 Å². The van der Waals surface area contributed by atoms with Crippen molar-refractivity contribution in [2.24, 2.45) is 0 Å². The van der Waals surface area contributed by atoms with Gasteiger partial charge in [-0.2, -0.15) is 0 Å². The molecule has 0 aliphatic rings. The molecule has 0 aromatic carbocycles. The second-order valence-corrected chi connectivity index (χ2v) is 7.96. The van der Waals surface area contributed by atoms with E-state index >= 15 is 0 Å². The third-order valence-corrected chi connectivity index (χ3v) is 5.06. The van der Waals surface area contributed by atoms with Crippen molar-refractivity contribution in [1.82, 2.24) is 0 Å². The van der Waals surface area contributed by atoms with E-state index in [9.17, 15) is 4.79 Å². The average Bonchev–Trinajstić information content (AvgIpc) is 2.46. The van der Waals surface area contributed by atoms with Gasteiger partial charge in [0, 0.05) is 6.08 Å². The molecule has 0 saturated heterocycles. The Morgan fingerprint density at radius 2 is 1.05 bits per heavy atom. The van der Waals surface area contributed by atoms with E-state index in [1.807, 2.05) is 0 Å². The van der Waals surface area contributed by atoms with Crippen molar-refractivity contribution in [3.05, 3.63) is 12.7 Å². The van der Waals surface area contributed by atoms with Crippen LogP contribution in [0.15, 0.2) is 12.7 Å². The number of carboxylic acid groups (broad SMARTS) is 1. The third kappa shape index (κ3) is 3.45. The van der Waals surface area contributed by atoms with E-state index in [0.717, 1.165) is 35.9 Å². The molecule has 94 valence electrons. The Morgan fingerprint density at radius 1 is 0.895 bits per heavy atom. The van der Waals surface area contributed by atoms with Gasteiger partial charge in [-0.15, -0.1) is 0 Å². The summed E-state index contributed by atoms with van der Waals surface area (Å²) in [5, 5.41) is 59.1. The van der Waals surface area contributed by atoms with E-state index in [4.69, 9.17) is 36.7 Å². The summed E-state index contributed by atoms with van der Waals surface area (Å²) >= 11 is 0. The first kappa shape index (κ1) is 22.1. The predicted molar refractivity (Wildman–Crippen MR) is 60.1 cm³/mol. The second kappa shape index (κ2) is 6.75. The first-order valence-corrected chi connectivity index (χ1v) is 6.84. The molecule has 0 atom stereocenters. The summed E-state index contributed by atoms with van der Waals surface area (Å²) in [7, 11) is -6.17. The van der Waals surface area contributed by atoms with Gasteiger partial charge in [-0.1, -0.05) is 6.58 Å². The topological polar surface area (TPSA) is 180 Å². The Morgan fingerprint density at radius 3 is 1.05 bits per heavy atom. The van der Waals surface area contributed by atoms with Crippen LogP contribution in [0.25, 0.3) is 0 Å². The summed E-state index contributed by atoms with van der Waals surface area (Å²) in [6, 6.07) is 0. The van der Waals surface area contributed by atoms with Crippen molar-refractivity contribution in [1.29, 1.82) is 31.6 Å². The summed E-state index contributed by atoms with van der Waals surface area (Å²) in [6.07, 6.45) is 0.833. The fourth-order valence-corrected chi connectivity index (χ4v) is 1.09. The molecular weight excluding hydrogens is 320 g/mol. The molecule has 0 unspecified atom stereocenters. The van der Waals surface area contributed by atoms with Crippen molar-refractivity contribution in [3.63, 3.8) is 0 Å². The van der Waals surface area contributed by atoms with E-state index in [1.165, 1.54) is 0 Å². The number of nitriles is 6. The van der Waals surface area contributed by atoms with Crippen LogP contribution in [0.3, 0.4) is 0 Å². The first-order valence-electron chi connectivity index (χ1n) is 3.53. The first-order chi connectivity index (χ1) is 8.24. The molecule has 0 saturated carbocycles. The number of hydrogen-bond donors (Lipinski definition) is 1. The zero-order valence-corrected chi connectivity index (χ0v) is 9.78. The van der Waals surface area contributed by atoms with Gasteiger partial charge in [-0.3, -0.25) is 0 Å². The summed E-state index contributed by atoms with van der Waals surface area (Å²) in [6.45, 7) is 2.96. The van der Waals surface area contributed by atoms with Crippen molar-refractivity contribution in [2.75, 3.05) is 0 Å². The van der Waals surface area contributed by atoms with Crippen LogP contribution < -0.4 is 0 Å². The van der Waals surface area contributed by atoms with Gasteiger partial charge in [0.1, 0.15) is 0 Å². The van der Waals surface area contributed by atoms with Gasteiger partial charge in [0.05, 0.1) is 0 Å². The molecular formula is C9H6CaFeN6O2. The van der Waals surface area contributed by atoms with Crippen LogP contribution in [0, 0.1) is 61.4 Å². The van der Waals surface area contributed by atoms with Crippen LogP contribution in [0.4, 0.5) is 0 Å². The van der Waals surface area contributed by atoms with Gasteiger partial charge in [0.2, 0.25) is 0 Å². The molecule has 1 N–H and O–H groups in total. The number of aliphatic carboxylic acids is 1. The monoisotopic (exact) mass is 326 g/mol.